The Bertz CT molecular complexity index is 532. The summed E-state index contributed by atoms with van der Waals surface area (Å²) in [5.41, 5.74) is 0.735. The average molecular weight is 270 g/mol. The van der Waals surface area contributed by atoms with Crippen molar-refractivity contribution in [3.8, 4) is 0 Å². The second-order valence-electron chi connectivity index (χ2n) is 4.67. The Morgan fingerprint density at radius 1 is 1.28 bits per heavy atom. The van der Waals surface area contributed by atoms with Crippen LogP contribution in [0.15, 0.2) is 29.2 Å². The highest BCUT2D eigenvalue weighted by molar-refractivity contribution is 7.92. The third-order valence-electron chi connectivity index (χ3n) is 2.86. The third kappa shape index (κ3) is 3.32. The van der Waals surface area contributed by atoms with Gasteiger partial charge in [-0.3, -0.25) is 4.79 Å². The summed E-state index contributed by atoms with van der Waals surface area (Å²) in [6.07, 6.45) is -0.00875. The Kier molecular flexibility index (Phi) is 4.51. The predicted octanol–water partition coefficient (Wildman–Crippen LogP) is 2.45. The summed E-state index contributed by atoms with van der Waals surface area (Å²) >= 11 is 0. The summed E-state index contributed by atoms with van der Waals surface area (Å²) < 4.78 is 24.0. The van der Waals surface area contributed by atoms with E-state index in [0.29, 0.717) is 0 Å². The largest absolute Gasteiger partial charge is 0.481 e. The van der Waals surface area contributed by atoms with Gasteiger partial charge < -0.3 is 5.11 Å². The topological polar surface area (TPSA) is 71.4 Å². The molecule has 0 saturated carbocycles. The van der Waals surface area contributed by atoms with Gasteiger partial charge in [-0.05, 0) is 37.5 Å². The normalized spacial score (nSPS) is 13.6. The minimum Gasteiger partial charge on any atom is -0.481 e. The quantitative estimate of drug-likeness (QED) is 0.892. The minimum absolute atomic E-state index is 0.00875. The molecule has 1 atom stereocenters. The van der Waals surface area contributed by atoms with Gasteiger partial charge in [0.15, 0.2) is 9.84 Å². The number of aliphatic carboxylic acids is 1. The Morgan fingerprint density at radius 3 is 2.39 bits per heavy atom. The molecule has 0 radical (unpaired) electrons. The van der Waals surface area contributed by atoms with Crippen molar-refractivity contribution < 1.29 is 18.3 Å². The molecule has 0 bridgehead atoms. The van der Waals surface area contributed by atoms with Crippen LogP contribution in [-0.2, 0) is 14.6 Å². The molecule has 0 aliphatic rings. The molecule has 1 aromatic carbocycles. The van der Waals surface area contributed by atoms with E-state index in [0.717, 1.165) is 5.56 Å². The summed E-state index contributed by atoms with van der Waals surface area (Å²) in [4.78, 5) is 10.9. The van der Waals surface area contributed by atoms with E-state index in [1.807, 2.05) is 0 Å². The molecule has 18 heavy (non-hydrogen) atoms. The molecule has 5 heteroatoms. The van der Waals surface area contributed by atoms with Crippen LogP contribution >= 0.6 is 0 Å². The fourth-order valence-corrected chi connectivity index (χ4v) is 2.76. The van der Waals surface area contributed by atoms with E-state index in [9.17, 15) is 13.2 Å². The Hall–Kier alpha value is -1.36. The van der Waals surface area contributed by atoms with Gasteiger partial charge in [-0.15, -0.1) is 0 Å². The molecule has 0 aliphatic carbocycles. The molecule has 0 aromatic heterocycles. The Morgan fingerprint density at radius 2 is 1.89 bits per heavy atom. The zero-order valence-electron chi connectivity index (χ0n) is 10.8. The standard InChI is InChI=1S/C13H18O4S/c1-9(2)18(16,17)12-6-4-5-11(8-12)10(3)7-13(14)15/h4-6,8-10H,7H2,1-3H3,(H,14,15). The zero-order valence-corrected chi connectivity index (χ0v) is 11.6. The number of carbonyl (C=O) groups is 1. The van der Waals surface area contributed by atoms with E-state index in [4.69, 9.17) is 5.11 Å². The van der Waals surface area contributed by atoms with Crippen LogP contribution in [0.3, 0.4) is 0 Å². The van der Waals surface area contributed by atoms with Crippen LogP contribution in [0.2, 0.25) is 0 Å². The van der Waals surface area contributed by atoms with Crippen molar-refractivity contribution in [2.75, 3.05) is 0 Å². The van der Waals surface area contributed by atoms with Crippen LogP contribution in [0.1, 0.15) is 38.7 Å². The molecule has 1 aromatic rings. The van der Waals surface area contributed by atoms with E-state index in [2.05, 4.69) is 0 Å². The second kappa shape index (κ2) is 5.52. The van der Waals surface area contributed by atoms with Crippen LogP contribution in [-0.4, -0.2) is 24.7 Å². The number of carboxylic acids is 1. The van der Waals surface area contributed by atoms with Crippen LogP contribution in [0.25, 0.3) is 0 Å². The minimum atomic E-state index is -3.31. The zero-order chi connectivity index (χ0) is 13.9. The summed E-state index contributed by atoms with van der Waals surface area (Å²) in [5, 5.41) is 8.26. The highest BCUT2D eigenvalue weighted by Gasteiger charge is 2.20. The van der Waals surface area contributed by atoms with Crippen molar-refractivity contribution in [1.82, 2.24) is 0 Å². The maximum absolute atomic E-state index is 12.0. The molecular formula is C13H18O4S. The van der Waals surface area contributed by atoms with E-state index >= 15 is 0 Å². The molecule has 0 saturated heterocycles. The fraction of sp³-hybridized carbons (Fsp3) is 0.462. The van der Waals surface area contributed by atoms with Crippen LogP contribution < -0.4 is 0 Å². The molecule has 100 valence electrons. The predicted molar refractivity (Wildman–Crippen MR) is 69.4 cm³/mol. The molecule has 1 rings (SSSR count). The van der Waals surface area contributed by atoms with E-state index in [1.165, 1.54) is 0 Å². The lowest BCUT2D eigenvalue weighted by Crippen LogP contribution is -2.14. The van der Waals surface area contributed by atoms with E-state index in [1.54, 1.807) is 45.0 Å². The molecule has 1 N–H and O–H groups in total. The van der Waals surface area contributed by atoms with Crippen molar-refractivity contribution in [2.24, 2.45) is 0 Å². The molecule has 0 aliphatic heterocycles. The van der Waals surface area contributed by atoms with Crippen LogP contribution in [0.4, 0.5) is 0 Å². The van der Waals surface area contributed by atoms with Crippen molar-refractivity contribution >= 4 is 15.8 Å². The van der Waals surface area contributed by atoms with Gasteiger partial charge in [-0.1, -0.05) is 19.1 Å². The van der Waals surface area contributed by atoms with Gasteiger partial charge >= 0.3 is 5.97 Å². The number of sulfone groups is 1. The average Bonchev–Trinajstić information content (AvgIpc) is 2.28. The maximum Gasteiger partial charge on any atom is 0.303 e. The van der Waals surface area contributed by atoms with Crippen molar-refractivity contribution in [1.29, 1.82) is 0 Å². The maximum atomic E-state index is 12.0. The molecule has 4 nitrogen and oxygen atoms in total. The lowest BCUT2D eigenvalue weighted by Gasteiger charge is -2.12. The summed E-state index contributed by atoms with van der Waals surface area (Å²) in [6.45, 7) is 5.03. The lowest BCUT2D eigenvalue weighted by molar-refractivity contribution is -0.137. The molecule has 0 amide bonds. The number of carboxylic acid groups (broad SMARTS) is 1. The number of benzene rings is 1. The first-order valence-electron chi connectivity index (χ1n) is 5.80. The first kappa shape index (κ1) is 14.7. The van der Waals surface area contributed by atoms with Gasteiger partial charge in [0, 0.05) is 0 Å². The van der Waals surface area contributed by atoms with Gasteiger partial charge in [0.25, 0.3) is 0 Å². The monoisotopic (exact) mass is 270 g/mol. The second-order valence-corrected chi connectivity index (χ2v) is 7.17. The third-order valence-corrected chi connectivity index (χ3v) is 5.01. The molecule has 0 spiro atoms. The molecule has 0 fully saturated rings. The summed E-state index contributed by atoms with van der Waals surface area (Å²) in [5.74, 6) is -1.09. The fourth-order valence-electron chi connectivity index (χ4n) is 1.65. The highest BCUT2D eigenvalue weighted by Crippen LogP contribution is 2.23. The van der Waals surface area contributed by atoms with Crippen molar-refractivity contribution in [3.63, 3.8) is 0 Å². The summed E-state index contributed by atoms with van der Waals surface area (Å²) in [6, 6.07) is 6.53. The molecule has 0 heterocycles. The number of rotatable bonds is 5. The van der Waals surface area contributed by atoms with E-state index in [-0.39, 0.29) is 17.2 Å². The van der Waals surface area contributed by atoms with Crippen molar-refractivity contribution in [2.45, 2.75) is 43.3 Å². The van der Waals surface area contributed by atoms with Gasteiger partial charge in [-0.25, -0.2) is 8.42 Å². The first-order valence-corrected chi connectivity index (χ1v) is 7.35. The van der Waals surface area contributed by atoms with Gasteiger partial charge in [-0.2, -0.15) is 0 Å². The number of hydrogen-bond acceptors (Lipinski definition) is 3. The van der Waals surface area contributed by atoms with E-state index < -0.39 is 21.1 Å². The van der Waals surface area contributed by atoms with Crippen LogP contribution in [0.5, 0.6) is 0 Å². The smallest absolute Gasteiger partial charge is 0.303 e. The van der Waals surface area contributed by atoms with Crippen molar-refractivity contribution in [3.05, 3.63) is 29.8 Å². The first-order chi connectivity index (χ1) is 8.25. The van der Waals surface area contributed by atoms with Crippen LogP contribution in [0, 0.1) is 0 Å². The van der Waals surface area contributed by atoms with Gasteiger partial charge in [0.2, 0.25) is 0 Å². The Labute approximate surface area is 108 Å². The Balaban J connectivity index is 3.11. The lowest BCUT2D eigenvalue weighted by atomic mass is 9.98. The van der Waals surface area contributed by atoms with Gasteiger partial charge in [0.1, 0.15) is 0 Å². The number of hydrogen-bond donors (Lipinski definition) is 1. The highest BCUT2D eigenvalue weighted by atomic mass is 32.2. The SMILES string of the molecule is CC(CC(=O)O)c1cccc(S(=O)(=O)C(C)C)c1. The molecule has 1 unspecified atom stereocenters. The van der Waals surface area contributed by atoms with Gasteiger partial charge in [0.05, 0.1) is 16.6 Å². The summed E-state index contributed by atoms with van der Waals surface area (Å²) in [7, 11) is -3.31. The molecular weight excluding hydrogens is 252 g/mol.